The number of likely N-dealkylation sites (tertiary alicyclic amines) is 1. The van der Waals surface area contributed by atoms with Gasteiger partial charge in [-0.2, -0.15) is 0 Å². The van der Waals surface area contributed by atoms with Crippen LogP contribution in [0.2, 0.25) is 10.0 Å². The number of hydrogen-bond donors (Lipinski definition) is 0. The van der Waals surface area contributed by atoms with Gasteiger partial charge in [0.05, 0.1) is 16.3 Å². The summed E-state index contributed by atoms with van der Waals surface area (Å²) < 4.78 is 7.11. The van der Waals surface area contributed by atoms with Crippen molar-refractivity contribution in [3.63, 3.8) is 0 Å². The second-order valence-electron chi connectivity index (χ2n) is 10.0. The summed E-state index contributed by atoms with van der Waals surface area (Å²) in [6.45, 7) is 12.0. The van der Waals surface area contributed by atoms with Crippen molar-refractivity contribution in [1.29, 1.82) is 0 Å². The smallest absolute Gasteiger partial charge is 0.338 e. The van der Waals surface area contributed by atoms with Crippen LogP contribution in [0.15, 0.2) is 35.1 Å². The third-order valence-corrected chi connectivity index (χ3v) is 6.53. The summed E-state index contributed by atoms with van der Waals surface area (Å²) in [7, 11) is 0. The number of pyridine rings is 1. The van der Waals surface area contributed by atoms with Crippen molar-refractivity contribution in [2.45, 2.75) is 78.1 Å². The first-order valence-corrected chi connectivity index (χ1v) is 11.8. The molecule has 1 fully saturated rings. The summed E-state index contributed by atoms with van der Waals surface area (Å²) in [5, 5.41) is 0.636. The highest BCUT2D eigenvalue weighted by Crippen LogP contribution is 2.31. The van der Waals surface area contributed by atoms with Gasteiger partial charge in [-0.1, -0.05) is 35.3 Å². The molecule has 7 heteroatoms. The maximum absolute atomic E-state index is 12.9. The molecular formula is C25H32Cl2N2O3. The zero-order valence-corrected chi connectivity index (χ0v) is 21.0. The van der Waals surface area contributed by atoms with E-state index in [1.54, 1.807) is 22.8 Å². The first kappa shape index (κ1) is 24.8. The molecule has 32 heavy (non-hydrogen) atoms. The molecule has 0 N–H and O–H groups in total. The van der Waals surface area contributed by atoms with Crippen LogP contribution in [0.4, 0.5) is 0 Å². The monoisotopic (exact) mass is 478 g/mol. The molecule has 0 unspecified atom stereocenters. The van der Waals surface area contributed by atoms with Crippen molar-refractivity contribution in [3.05, 3.63) is 67.6 Å². The summed E-state index contributed by atoms with van der Waals surface area (Å²) in [6.07, 6.45) is 2.86. The molecule has 2 heterocycles. The lowest BCUT2D eigenvalue weighted by molar-refractivity contribution is 0.00695. The van der Waals surface area contributed by atoms with Gasteiger partial charge in [-0.05, 0) is 84.2 Å². The minimum atomic E-state index is -0.539. The minimum absolute atomic E-state index is 0.0708. The third-order valence-electron chi connectivity index (χ3n) is 5.93. The van der Waals surface area contributed by atoms with Crippen molar-refractivity contribution >= 4 is 29.2 Å². The Hall–Kier alpha value is -1.82. The van der Waals surface area contributed by atoms with E-state index in [0.717, 1.165) is 30.6 Å². The molecule has 0 aliphatic carbocycles. The van der Waals surface area contributed by atoms with Gasteiger partial charge in [-0.15, -0.1) is 0 Å². The zero-order chi connectivity index (χ0) is 23.7. The topological polar surface area (TPSA) is 51.5 Å². The molecule has 0 bridgehead atoms. The highest BCUT2D eigenvalue weighted by molar-refractivity contribution is 6.34. The van der Waals surface area contributed by atoms with Gasteiger partial charge in [0.15, 0.2) is 0 Å². The van der Waals surface area contributed by atoms with Crippen molar-refractivity contribution in [2.24, 2.45) is 0 Å². The van der Waals surface area contributed by atoms with Crippen LogP contribution in [0.3, 0.4) is 0 Å². The molecule has 1 aromatic heterocycles. The number of ether oxygens (including phenoxy) is 1. The Balaban J connectivity index is 1.78. The normalized spacial score (nSPS) is 16.3. The SMILES string of the molecule is CC(C)(C)OC(=O)c1ccc(CCn2c(CN3CCCC3(C)C)c(Cl)cc(Cl)c2=O)cc1. The van der Waals surface area contributed by atoms with Crippen LogP contribution in [0.25, 0.3) is 0 Å². The fourth-order valence-electron chi connectivity index (χ4n) is 4.06. The highest BCUT2D eigenvalue weighted by atomic mass is 35.5. The Labute approximate surface area is 200 Å². The van der Waals surface area contributed by atoms with Gasteiger partial charge in [0, 0.05) is 18.6 Å². The van der Waals surface area contributed by atoms with E-state index in [9.17, 15) is 9.59 Å². The third kappa shape index (κ3) is 5.94. The van der Waals surface area contributed by atoms with E-state index < -0.39 is 5.60 Å². The van der Waals surface area contributed by atoms with Gasteiger partial charge in [-0.3, -0.25) is 9.69 Å². The molecule has 1 aromatic carbocycles. The average Bonchev–Trinajstić information content (AvgIpc) is 3.02. The number of nitrogens with zero attached hydrogens (tertiary/aromatic N) is 2. The van der Waals surface area contributed by atoms with Crippen LogP contribution in [0.5, 0.6) is 0 Å². The first-order valence-electron chi connectivity index (χ1n) is 11.0. The second kappa shape index (κ2) is 9.58. The largest absolute Gasteiger partial charge is 0.456 e. The standard InChI is InChI=1S/C25H32Cl2N2O3/c1-24(2,3)32-23(31)18-9-7-17(8-10-18)11-14-29-21(19(26)15-20(27)22(29)30)16-28-13-6-12-25(28,4)5/h7-10,15H,6,11-14,16H2,1-5H3. The van der Waals surface area contributed by atoms with Crippen LogP contribution in [-0.4, -0.2) is 33.1 Å². The summed E-state index contributed by atoms with van der Waals surface area (Å²) >= 11 is 12.7. The van der Waals surface area contributed by atoms with Crippen LogP contribution < -0.4 is 5.56 Å². The van der Waals surface area contributed by atoms with E-state index in [1.165, 1.54) is 0 Å². The molecule has 0 saturated carbocycles. The summed E-state index contributed by atoms with van der Waals surface area (Å²) in [5.41, 5.74) is 1.61. The van der Waals surface area contributed by atoms with Crippen molar-refractivity contribution < 1.29 is 9.53 Å². The predicted molar refractivity (Wildman–Crippen MR) is 130 cm³/mol. The summed E-state index contributed by atoms with van der Waals surface area (Å²) in [5.74, 6) is -0.350. The molecule has 1 aliphatic rings. The zero-order valence-electron chi connectivity index (χ0n) is 19.5. The number of benzene rings is 1. The van der Waals surface area contributed by atoms with Gasteiger partial charge in [-0.25, -0.2) is 4.79 Å². The fourth-order valence-corrected chi connectivity index (χ4v) is 4.59. The van der Waals surface area contributed by atoms with E-state index in [1.807, 2.05) is 32.9 Å². The van der Waals surface area contributed by atoms with E-state index >= 15 is 0 Å². The lowest BCUT2D eigenvalue weighted by Crippen LogP contribution is -2.39. The first-order chi connectivity index (χ1) is 14.9. The molecule has 0 radical (unpaired) electrons. The minimum Gasteiger partial charge on any atom is -0.456 e. The number of aryl methyl sites for hydroxylation is 1. The number of esters is 1. The van der Waals surface area contributed by atoms with Crippen LogP contribution in [0.1, 0.15) is 69.1 Å². The number of rotatable bonds is 6. The molecule has 0 amide bonds. The molecule has 0 spiro atoms. The Morgan fingerprint density at radius 2 is 1.78 bits per heavy atom. The Kier molecular flexibility index (Phi) is 7.43. The van der Waals surface area contributed by atoms with E-state index in [2.05, 4.69) is 18.7 Å². The molecule has 174 valence electrons. The van der Waals surface area contributed by atoms with E-state index in [0.29, 0.717) is 30.1 Å². The van der Waals surface area contributed by atoms with Crippen LogP contribution in [-0.2, 0) is 24.2 Å². The maximum Gasteiger partial charge on any atom is 0.338 e. The molecule has 5 nitrogen and oxygen atoms in total. The van der Waals surface area contributed by atoms with Gasteiger partial charge >= 0.3 is 5.97 Å². The van der Waals surface area contributed by atoms with Gasteiger partial charge in [0.2, 0.25) is 0 Å². The average molecular weight is 479 g/mol. The Morgan fingerprint density at radius 1 is 1.12 bits per heavy atom. The van der Waals surface area contributed by atoms with E-state index in [-0.39, 0.29) is 22.1 Å². The molecule has 1 saturated heterocycles. The summed E-state index contributed by atoms with van der Waals surface area (Å²) in [4.78, 5) is 27.5. The van der Waals surface area contributed by atoms with Gasteiger partial charge in [0.1, 0.15) is 10.6 Å². The molecule has 0 atom stereocenters. The van der Waals surface area contributed by atoms with E-state index in [4.69, 9.17) is 27.9 Å². The van der Waals surface area contributed by atoms with Crippen LogP contribution in [0, 0.1) is 0 Å². The lowest BCUT2D eigenvalue weighted by atomic mass is 10.0. The molecule has 3 rings (SSSR count). The Bertz CT molecular complexity index is 1040. The number of halogens is 2. The number of aromatic nitrogens is 1. The number of carbonyl (C=O) groups excluding carboxylic acids is 1. The molecule has 2 aromatic rings. The second-order valence-corrected chi connectivity index (χ2v) is 10.8. The van der Waals surface area contributed by atoms with Crippen molar-refractivity contribution in [3.8, 4) is 0 Å². The van der Waals surface area contributed by atoms with Crippen molar-refractivity contribution in [1.82, 2.24) is 9.47 Å². The van der Waals surface area contributed by atoms with Gasteiger partial charge in [0.25, 0.3) is 5.56 Å². The quantitative estimate of drug-likeness (QED) is 0.497. The maximum atomic E-state index is 12.9. The number of hydrogen-bond acceptors (Lipinski definition) is 4. The van der Waals surface area contributed by atoms with Gasteiger partial charge < -0.3 is 9.30 Å². The lowest BCUT2D eigenvalue weighted by Gasteiger charge is -2.32. The summed E-state index contributed by atoms with van der Waals surface area (Å²) in [6, 6.07) is 8.84. The molecule has 1 aliphatic heterocycles. The fraction of sp³-hybridized carbons (Fsp3) is 0.520. The highest BCUT2D eigenvalue weighted by Gasteiger charge is 2.32. The van der Waals surface area contributed by atoms with Crippen molar-refractivity contribution in [2.75, 3.05) is 6.54 Å². The van der Waals surface area contributed by atoms with Crippen LogP contribution >= 0.6 is 23.2 Å². The number of carbonyl (C=O) groups is 1. The molecular weight excluding hydrogens is 447 g/mol. The Morgan fingerprint density at radius 3 is 2.34 bits per heavy atom. The predicted octanol–water partition coefficient (Wildman–Crippen LogP) is 5.73.